The summed E-state index contributed by atoms with van der Waals surface area (Å²) in [6, 6.07) is 5.10. The lowest BCUT2D eigenvalue weighted by atomic mass is 10.0. The third kappa shape index (κ3) is 5.36. The molecule has 2 aliphatic rings. The van der Waals surface area contributed by atoms with E-state index < -0.39 is 5.72 Å². The van der Waals surface area contributed by atoms with E-state index in [1.807, 2.05) is 11.0 Å². The third-order valence-corrected chi connectivity index (χ3v) is 5.83. The molecule has 1 fully saturated rings. The van der Waals surface area contributed by atoms with E-state index >= 15 is 0 Å². The second-order valence-corrected chi connectivity index (χ2v) is 8.54. The fourth-order valence-corrected chi connectivity index (χ4v) is 3.86. The topological polar surface area (TPSA) is 80.0 Å². The highest BCUT2D eigenvalue weighted by Gasteiger charge is 2.40. The van der Waals surface area contributed by atoms with Crippen LogP contribution in [0.15, 0.2) is 29.4 Å². The van der Waals surface area contributed by atoms with Gasteiger partial charge in [0.2, 0.25) is 5.96 Å². The van der Waals surface area contributed by atoms with Gasteiger partial charge in [-0.15, -0.1) is 0 Å². The van der Waals surface area contributed by atoms with Crippen LogP contribution >= 0.6 is 0 Å². The van der Waals surface area contributed by atoms with Crippen molar-refractivity contribution in [3.05, 3.63) is 41.5 Å². The summed E-state index contributed by atoms with van der Waals surface area (Å²) in [5, 5.41) is 8.55. The van der Waals surface area contributed by atoms with Crippen LogP contribution in [0.3, 0.4) is 0 Å². The molecule has 1 N–H and O–H groups in total. The highest BCUT2D eigenvalue weighted by Crippen LogP contribution is 2.30. The summed E-state index contributed by atoms with van der Waals surface area (Å²) in [6.45, 7) is 5.35. The van der Waals surface area contributed by atoms with E-state index in [2.05, 4.69) is 34.5 Å². The molecule has 0 radical (unpaired) electrons. The number of guanidine groups is 1. The van der Waals surface area contributed by atoms with Gasteiger partial charge in [-0.2, -0.15) is 15.0 Å². The number of halogens is 1. The molecule has 0 saturated carbocycles. The first kappa shape index (κ1) is 22.5. The molecule has 10 heteroatoms. The van der Waals surface area contributed by atoms with Gasteiger partial charge in [0.1, 0.15) is 5.69 Å². The van der Waals surface area contributed by atoms with Crippen molar-refractivity contribution >= 4 is 5.96 Å². The Kier molecular flexibility index (Phi) is 6.90. The van der Waals surface area contributed by atoms with Crippen LogP contribution in [0.25, 0.3) is 0 Å². The number of likely N-dealkylation sites (tertiary alicyclic amines) is 1. The number of rotatable bonds is 8. The summed E-state index contributed by atoms with van der Waals surface area (Å²) < 4.78 is 20.2. The average Bonchev–Trinajstić information content (AvgIpc) is 3.38. The highest BCUT2D eigenvalue weighted by molar-refractivity contribution is 5.80. The Bertz CT molecular complexity index is 940. The molecule has 4 rings (SSSR count). The van der Waals surface area contributed by atoms with E-state index in [4.69, 9.17) is 14.6 Å². The van der Waals surface area contributed by atoms with Crippen LogP contribution in [0, 0.1) is 5.82 Å². The number of hydrogen-bond acceptors (Lipinski definition) is 8. The highest BCUT2D eigenvalue weighted by atomic mass is 19.1. The summed E-state index contributed by atoms with van der Waals surface area (Å²) in [5.41, 5.74) is 4.07. The van der Waals surface area contributed by atoms with Crippen molar-refractivity contribution in [2.75, 3.05) is 26.7 Å². The average molecular weight is 446 g/mol. The lowest BCUT2D eigenvalue weighted by Crippen LogP contribution is -2.43. The van der Waals surface area contributed by atoms with Crippen molar-refractivity contribution < 1.29 is 14.0 Å². The molecule has 1 aromatic carbocycles. The van der Waals surface area contributed by atoms with Gasteiger partial charge >= 0.3 is 0 Å². The van der Waals surface area contributed by atoms with E-state index in [9.17, 15) is 4.39 Å². The van der Waals surface area contributed by atoms with Gasteiger partial charge in [0, 0.05) is 39.5 Å². The summed E-state index contributed by atoms with van der Waals surface area (Å²) in [6.07, 6.45) is 5.26. The van der Waals surface area contributed by atoms with Gasteiger partial charge in [-0.05, 0) is 31.2 Å². The fourth-order valence-electron chi connectivity index (χ4n) is 3.86. The van der Waals surface area contributed by atoms with E-state index in [1.165, 1.54) is 10.9 Å². The number of unbranched alkanes of at least 4 members (excludes halogenated alkanes) is 1. The first-order chi connectivity index (χ1) is 15.5. The third-order valence-electron chi connectivity index (χ3n) is 5.83. The summed E-state index contributed by atoms with van der Waals surface area (Å²) >= 11 is 0. The maximum atomic E-state index is 14.6. The molecular formula is C22H32FN7O2. The minimum absolute atomic E-state index is 0.285. The number of hydroxylamine groups is 1. The Morgan fingerprint density at radius 2 is 2.06 bits per heavy atom. The number of nitrogens with zero attached hydrogens (tertiary/aromatic N) is 6. The minimum Gasteiger partial charge on any atom is -0.491 e. The Morgan fingerprint density at radius 1 is 1.25 bits per heavy atom. The zero-order chi connectivity index (χ0) is 22.6. The molecule has 9 nitrogen and oxygen atoms in total. The van der Waals surface area contributed by atoms with Crippen LogP contribution in [-0.2, 0) is 25.0 Å². The second kappa shape index (κ2) is 9.83. The zero-order valence-electron chi connectivity index (χ0n) is 19.1. The number of ether oxygens (including phenoxy) is 1. The fraction of sp³-hybridized carbons (Fsp3) is 0.591. The monoisotopic (exact) mass is 445 g/mol. The summed E-state index contributed by atoms with van der Waals surface area (Å²) in [7, 11) is 3.88. The van der Waals surface area contributed by atoms with Crippen LogP contribution < -0.4 is 10.2 Å². The Morgan fingerprint density at radius 3 is 2.75 bits per heavy atom. The SMILES string of the molecule is CCCCOc1ccc(CN(Cc2cnn(C)n2)C2=NC3(CCN(C)CC3)ON2)cc1F. The predicted molar refractivity (Wildman–Crippen MR) is 118 cm³/mol. The van der Waals surface area contributed by atoms with Crippen LogP contribution in [-0.4, -0.2) is 63.2 Å². The maximum Gasteiger partial charge on any atom is 0.222 e. The van der Waals surface area contributed by atoms with Crippen LogP contribution in [0.5, 0.6) is 5.75 Å². The molecule has 2 aromatic rings. The Labute approximate surface area is 188 Å². The minimum atomic E-state index is -0.551. The van der Waals surface area contributed by atoms with Gasteiger partial charge in [0.05, 0.1) is 19.3 Å². The predicted octanol–water partition coefficient (Wildman–Crippen LogP) is 2.45. The number of nitrogens with one attached hydrogen (secondary N) is 1. The Balaban J connectivity index is 1.52. The zero-order valence-corrected chi connectivity index (χ0v) is 19.1. The van der Waals surface area contributed by atoms with E-state index in [1.54, 1.807) is 19.3 Å². The number of aryl methyl sites for hydroxylation is 1. The lowest BCUT2D eigenvalue weighted by Gasteiger charge is -2.33. The molecule has 0 aliphatic carbocycles. The number of aliphatic imine (C=N–C) groups is 1. The smallest absolute Gasteiger partial charge is 0.222 e. The molecule has 0 atom stereocenters. The van der Waals surface area contributed by atoms with Crippen molar-refractivity contribution in [1.29, 1.82) is 0 Å². The second-order valence-electron chi connectivity index (χ2n) is 8.54. The quantitative estimate of drug-likeness (QED) is 0.625. The van der Waals surface area contributed by atoms with E-state index in [-0.39, 0.29) is 11.6 Å². The van der Waals surface area contributed by atoms with Crippen molar-refractivity contribution in [1.82, 2.24) is 30.3 Å². The molecule has 1 aromatic heterocycles. The number of piperidine rings is 1. The summed E-state index contributed by atoms with van der Waals surface area (Å²) in [5.74, 6) is 0.555. The van der Waals surface area contributed by atoms with Gasteiger partial charge in [-0.3, -0.25) is 0 Å². The van der Waals surface area contributed by atoms with Crippen LogP contribution in [0.2, 0.25) is 0 Å². The molecular weight excluding hydrogens is 413 g/mol. The number of aromatic nitrogens is 3. The maximum absolute atomic E-state index is 14.6. The van der Waals surface area contributed by atoms with Gasteiger partial charge in [-0.25, -0.2) is 19.7 Å². The molecule has 1 saturated heterocycles. The van der Waals surface area contributed by atoms with Crippen molar-refractivity contribution in [2.24, 2.45) is 12.0 Å². The van der Waals surface area contributed by atoms with Crippen molar-refractivity contribution in [3.8, 4) is 5.75 Å². The molecule has 174 valence electrons. The molecule has 1 spiro atoms. The largest absolute Gasteiger partial charge is 0.491 e. The molecule has 3 heterocycles. The van der Waals surface area contributed by atoms with Crippen molar-refractivity contribution in [2.45, 2.75) is 51.4 Å². The first-order valence-corrected chi connectivity index (χ1v) is 11.2. The standard InChI is InChI=1S/C22H32FN7O2/c1-4-5-12-31-20-7-6-17(13-19(20)23)15-30(16-18-14-24-29(3)26-18)21-25-22(32-27-21)8-10-28(2)11-9-22/h6-7,13-14H,4-5,8-12,15-16H2,1-3H3,(H,25,27). The van der Waals surface area contributed by atoms with Gasteiger partial charge < -0.3 is 14.5 Å². The molecule has 0 bridgehead atoms. The lowest BCUT2D eigenvalue weighted by molar-refractivity contribution is -0.0875. The van der Waals surface area contributed by atoms with E-state index in [0.717, 1.165) is 50.0 Å². The van der Waals surface area contributed by atoms with Gasteiger partial charge in [-0.1, -0.05) is 19.4 Å². The van der Waals surface area contributed by atoms with Gasteiger partial charge in [0.25, 0.3) is 0 Å². The van der Waals surface area contributed by atoms with Gasteiger partial charge in [0.15, 0.2) is 17.3 Å². The molecule has 2 aliphatic heterocycles. The van der Waals surface area contributed by atoms with Crippen LogP contribution in [0.1, 0.15) is 43.9 Å². The molecule has 32 heavy (non-hydrogen) atoms. The van der Waals surface area contributed by atoms with Crippen LogP contribution in [0.4, 0.5) is 4.39 Å². The van der Waals surface area contributed by atoms with E-state index in [0.29, 0.717) is 25.7 Å². The molecule has 0 amide bonds. The number of hydrogen-bond donors (Lipinski definition) is 1. The first-order valence-electron chi connectivity index (χ1n) is 11.2. The Hall–Kier alpha value is -2.72. The normalized spacial score (nSPS) is 17.9. The summed E-state index contributed by atoms with van der Waals surface area (Å²) in [4.78, 5) is 16.7. The van der Waals surface area contributed by atoms with Crippen molar-refractivity contribution in [3.63, 3.8) is 0 Å². The molecule has 0 unspecified atom stereocenters. The number of benzene rings is 1.